The van der Waals surface area contributed by atoms with Gasteiger partial charge in [0.15, 0.2) is 5.13 Å². The summed E-state index contributed by atoms with van der Waals surface area (Å²) < 4.78 is 0. The molecule has 0 aromatic carbocycles. The first kappa shape index (κ1) is 12.4. The van der Waals surface area contributed by atoms with E-state index in [1.165, 1.54) is 37.5 Å². The largest absolute Gasteiger partial charge is 0.346 e. The average Bonchev–Trinajstić information content (AvgIpc) is 3.10. The Labute approximate surface area is 113 Å². The van der Waals surface area contributed by atoms with Crippen molar-refractivity contribution < 1.29 is 0 Å². The molecule has 2 fully saturated rings. The number of nitrogens with zero attached hydrogens (tertiary/aromatic N) is 3. The number of rotatable bonds is 3. The predicted molar refractivity (Wildman–Crippen MR) is 76.1 cm³/mol. The summed E-state index contributed by atoms with van der Waals surface area (Å²) in [5, 5.41) is 3.24. The van der Waals surface area contributed by atoms with Crippen LogP contribution in [-0.4, -0.2) is 48.6 Å². The maximum atomic E-state index is 5.89. The Kier molecular flexibility index (Phi) is 3.82. The minimum absolute atomic E-state index is 0.733. The maximum absolute atomic E-state index is 5.89. The van der Waals surface area contributed by atoms with Crippen LogP contribution in [0, 0.1) is 5.92 Å². The first-order valence-corrected chi connectivity index (χ1v) is 7.85. The molecule has 1 aromatic rings. The Hall–Kier alpha value is -0.650. The topological polar surface area (TPSA) is 45.4 Å². The Morgan fingerprint density at radius 3 is 2.78 bits per heavy atom. The lowest BCUT2D eigenvalue weighted by Crippen LogP contribution is -2.52. The summed E-state index contributed by atoms with van der Waals surface area (Å²) in [6.07, 6.45) is 5.93. The molecule has 1 aliphatic heterocycles. The Morgan fingerprint density at radius 1 is 1.28 bits per heavy atom. The van der Waals surface area contributed by atoms with Crippen LogP contribution < -0.4 is 10.6 Å². The highest BCUT2D eigenvalue weighted by Crippen LogP contribution is 2.30. The van der Waals surface area contributed by atoms with E-state index in [2.05, 4.69) is 20.2 Å². The molecule has 2 aliphatic rings. The third-order valence-corrected chi connectivity index (χ3v) is 5.23. The van der Waals surface area contributed by atoms with Crippen molar-refractivity contribution in [3.63, 3.8) is 0 Å². The summed E-state index contributed by atoms with van der Waals surface area (Å²) in [6.45, 7) is 5.42. The number of aromatic nitrogens is 1. The fourth-order valence-corrected chi connectivity index (χ4v) is 4.09. The van der Waals surface area contributed by atoms with Crippen LogP contribution in [0.15, 0.2) is 11.6 Å². The van der Waals surface area contributed by atoms with Gasteiger partial charge in [-0.25, -0.2) is 4.98 Å². The zero-order valence-corrected chi connectivity index (χ0v) is 11.6. The Morgan fingerprint density at radius 2 is 2.11 bits per heavy atom. The fourth-order valence-electron chi connectivity index (χ4n) is 3.39. The first-order valence-electron chi connectivity index (χ1n) is 6.97. The maximum Gasteiger partial charge on any atom is 0.185 e. The van der Waals surface area contributed by atoms with Crippen molar-refractivity contribution in [2.75, 3.05) is 37.6 Å². The lowest BCUT2D eigenvalue weighted by Gasteiger charge is -2.39. The minimum atomic E-state index is 0.733. The van der Waals surface area contributed by atoms with E-state index in [1.807, 2.05) is 6.20 Å². The van der Waals surface area contributed by atoms with Crippen molar-refractivity contribution in [2.45, 2.75) is 25.3 Å². The smallest absolute Gasteiger partial charge is 0.185 e. The van der Waals surface area contributed by atoms with Gasteiger partial charge in [-0.1, -0.05) is 6.42 Å². The van der Waals surface area contributed by atoms with Gasteiger partial charge in [0, 0.05) is 43.8 Å². The average molecular weight is 266 g/mol. The van der Waals surface area contributed by atoms with Crippen molar-refractivity contribution >= 4 is 16.5 Å². The number of thiazole rings is 1. The lowest BCUT2D eigenvalue weighted by atomic mass is 10.0. The SMILES string of the molecule is NCC1CCCC1N1CCN(c2nccs2)CC1. The molecule has 2 heterocycles. The molecule has 0 spiro atoms. The van der Waals surface area contributed by atoms with Crippen LogP contribution >= 0.6 is 11.3 Å². The summed E-state index contributed by atoms with van der Waals surface area (Å²) >= 11 is 1.74. The second-order valence-corrected chi connectivity index (χ2v) is 6.20. The molecular formula is C13H22N4S. The zero-order chi connectivity index (χ0) is 12.4. The number of anilines is 1. The van der Waals surface area contributed by atoms with Crippen LogP contribution in [0.1, 0.15) is 19.3 Å². The molecule has 4 nitrogen and oxygen atoms in total. The van der Waals surface area contributed by atoms with E-state index >= 15 is 0 Å². The number of piperazine rings is 1. The summed E-state index contributed by atoms with van der Waals surface area (Å²) in [6, 6.07) is 0.744. The minimum Gasteiger partial charge on any atom is -0.346 e. The van der Waals surface area contributed by atoms with Crippen molar-refractivity contribution in [1.82, 2.24) is 9.88 Å². The van der Waals surface area contributed by atoms with E-state index in [9.17, 15) is 0 Å². The van der Waals surface area contributed by atoms with Gasteiger partial charge < -0.3 is 10.6 Å². The molecule has 1 saturated heterocycles. The van der Waals surface area contributed by atoms with Gasteiger partial charge in [0.25, 0.3) is 0 Å². The van der Waals surface area contributed by atoms with E-state index in [0.717, 1.165) is 31.6 Å². The van der Waals surface area contributed by atoms with Crippen molar-refractivity contribution in [1.29, 1.82) is 0 Å². The molecule has 100 valence electrons. The second kappa shape index (κ2) is 5.55. The first-order chi connectivity index (χ1) is 8.88. The molecule has 18 heavy (non-hydrogen) atoms. The molecule has 5 heteroatoms. The van der Waals surface area contributed by atoms with Crippen molar-refractivity contribution in [3.05, 3.63) is 11.6 Å². The van der Waals surface area contributed by atoms with Gasteiger partial charge in [-0.05, 0) is 25.3 Å². The molecule has 1 saturated carbocycles. The van der Waals surface area contributed by atoms with Crippen LogP contribution in [-0.2, 0) is 0 Å². The molecule has 1 aliphatic carbocycles. The molecule has 2 atom stereocenters. The molecule has 2 N–H and O–H groups in total. The van der Waals surface area contributed by atoms with Crippen LogP contribution in [0.2, 0.25) is 0 Å². The quantitative estimate of drug-likeness (QED) is 0.898. The van der Waals surface area contributed by atoms with Gasteiger partial charge in [-0.3, -0.25) is 4.90 Å². The van der Waals surface area contributed by atoms with Gasteiger partial charge in [-0.15, -0.1) is 11.3 Å². The van der Waals surface area contributed by atoms with Crippen LogP contribution in [0.5, 0.6) is 0 Å². The van der Waals surface area contributed by atoms with Crippen LogP contribution in [0.4, 0.5) is 5.13 Å². The summed E-state index contributed by atoms with van der Waals surface area (Å²) in [5.74, 6) is 0.733. The number of hydrogen-bond acceptors (Lipinski definition) is 5. The third kappa shape index (κ3) is 2.39. The van der Waals surface area contributed by atoms with Gasteiger partial charge in [-0.2, -0.15) is 0 Å². The summed E-state index contributed by atoms with van der Waals surface area (Å²) in [4.78, 5) is 9.47. The zero-order valence-electron chi connectivity index (χ0n) is 10.8. The van der Waals surface area contributed by atoms with Gasteiger partial charge in [0.2, 0.25) is 0 Å². The molecule has 0 amide bonds. The molecule has 3 rings (SSSR count). The standard InChI is InChI=1S/C13H22N4S/c14-10-11-2-1-3-12(11)16-5-7-17(8-6-16)13-15-4-9-18-13/h4,9,11-12H,1-3,5-8,10,14H2. The van der Waals surface area contributed by atoms with E-state index in [0.29, 0.717) is 0 Å². The molecule has 1 aromatic heterocycles. The highest BCUT2D eigenvalue weighted by Gasteiger charge is 2.33. The number of hydrogen-bond donors (Lipinski definition) is 1. The highest BCUT2D eigenvalue weighted by atomic mass is 32.1. The van der Waals surface area contributed by atoms with E-state index < -0.39 is 0 Å². The fraction of sp³-hybridized carbons (Fsp3) is 0.769. The normalized spacial score (nSPS) is 29.9. The number of nitrogens with two attached hydrogens (primary N) is 1. The van der Waals surface area contributed by atoms with Gasteiger partial charge in [0.1, 0.15) is 0 Å². The molecule has 2 unspecified atom stereocenters. The van der Waals surface area contributed by atoms with Crippen molar-refractivity contribution in [3.8, 4) is 0 Å². The van der Waals surface area contributed by atoms with E-state index in [1.54, 1.807) is 11.3 Å². The predicted octanol–water partition coefficient (Wildman–Crippen LogP) is 1.39. The lowest BCUT2D eigenvalue weighted by molar-refractivity contribution is 0.153. The summed E-state index contributed by atoms with van der Waals surface area (Å²) in [7, 11) is 0. The van der Waals surface area contributed by atoms with Gasteiger partial charge >= 0.3 is 0 Å². The van der Waals surface area contributed by atoms with Gasteiger partial charge in [0.05, 0.1) is 0 Å². The van der Waals surface area contributed by atoms with E-state index in [4.69, 9.17) is 5.73 Å². The Bertz CT molecular complexity index is 359. The van der Waals surface area contributed by atoms with Crippen LogP contribution in [0.25, 0.3) is 0 Å². The van der Waals surface area contributed by atoms with Crippen LogP contribution in [0.3, 0.4) is 0 Å². The molecular weight excluding hydrogens is 244 g/mol. The van der Waals surface area contributed by atoms with Crippen molar-refractivity contribution in [2.24, 2.45) is 11.7 Å². The molecule has 0 bridgehead atoms. The second-order valence-electron chi connectivity index (χ2n) is 5.33. The molecule has 0 radical (unpaired) electrons. The highest BCUT2D eigenvalue weighted by molar-refractivity contribution is 7.13. The van der Waals surface area contributed by atoms with E-state index in [-0.39, 0.29) is 0 Å². The third-order valence-electron chi connectivity index (χ3n) is 4.39. The summed E-state index contributed by atoms with van der Waals surface area (Å²) in [5.41, 5.74) is 5.89. The Balaban J connectivity index is 1.57. The monoisotopic (exact) mass is 266 g/mol.